The minimum absolute atomic E-state index is 0.261. The van der Waals surface area contributed by atoms with Gasteiger partial charge in [0.25, 0.3) is 5.88 Å². The topological polar surface area (TPSA) is 61.0 Å². The molecule has 0 amide bonds. The molecule has 0 atom stereocenters. The number of pyridine rings is 2. The largest absolute Gasteiger partial charge is 0.435 e. The average molecular weight is 302 g/mol. The van der Waals surface area contributed by atoms with Gasteiger partial charge in [-0.1, -0.05) is 0 Å². The van der Waals surface area contributed by atoms with E-state index in [1.807, 2.05) is 0 Å². The Morgan fingerprint density at radius 2 is 1.94 bits per heavy atom. The van der Waals surface area contributed by atoms with Gasteiger partial charge in [-0.05, 0) is 22.0 Å². The van der Waals surface area contributed by atoms with Gasteiger partial charge in [-0.15, -0.1) is 0 Å². The van der Waals surface area contributed by atoms with Crippen molar-refractivity contribution >= 4 is 21.7 Å². The van der Waals surface area contributed by atoms with Crippen LogP contribution in [0.3, 0.4) is 0 Å². The van der Waals surface area contributed by atoms with Crippen LogP contribution in [0.25, 0.3) is 0 Å². The highest BCUT2D eigenvalue weighted by Gasteiger charge is 2.12. The van der Waals surface area contributed by atoms with E-state index >= 15 is 0 Å². The lowest BCUT2D eigenvalue weighted by Gasteiger charge is -2.06. The maximum atomic E-state index is 13.3. The zero-order chi connectivity index (χ0) is 12.4. The molecule has 2 heterocycles. The Morgan fingerprint density at radius 3 is 2.65 bits per heavy atom. The number of nitrogens with two attached hydrogens (primary N) is 1. The van der Waals surface area contributed by atoms with E-state index in [2.05, 4.69) is 25.9 Å². The molecule has 2 aromatic rings. The van der Waals surface area contributed by atoms with E-state index in [0.29, 0.717) is 10.5 Å². The number of hydrogen-bond donors (Lipinski definition) is 1. The molecule has 0 aliphatic carbocycles. The van der Waals surface area contributed by atoms with Crippen LogP contribution in [0.5, 0.6) is 11.6 Å². The van der Waals surface area contributed by atoms with Crippen LogP contribution < -0.4 is 10.5 Å². The molecular formula is C10H6BrF2N3O. The van der Waals surface area contributed by atoms with Gasteiger partial charge in [0, 0.05) is 16.7 Å². The summed E-state index contributed by atoms with van der Waals surface area (Å²) in [6, 6.07) is 2.18. The molecule has 0 saturated carbocycles. The van der Waals surface area contributed by atoms with Gasteiger partial charge >= 0.3 is 0 Å². The van der Waals surface area contributed by atoms with Crippen LogP contribution in [0.15, 0.2) is 29.0 Å². The zero-order valence-corrected chi connectivity index (χ0v) is 9.91. The summed E-state index contributed by atoms with van der Waals surface area (Å²) in [5.41, 5.74) is 5.22. The fourth-order valence-corrected chi connectivity index (χ4v) is 1.44. The maximum Gasteiger partial charge on any atom is 0.258 e. The molecule has 0 aliphatic heterocycles. The molecule has 0 aromatic carbocycles. The van der Waals surface area contributed by atoms with Crippen molar-refractivity contribution in [3.63, 3.8) is 0 Å². The molecule has 0 aliphatic rings. The highest BCUT2D eigenvalue weighted by molar-refractivity contribution is 9.10. The van der Waals surface area contributed by atoms with Gasteiger partial charge in [0.05, 0.1) is 6.20 Å². The van der Waals surface area contributed by atoms with Gasteiger partial charge in [-0.3, -0.25) is 4.98 Å². The second-order valence-corrected chi connectivity index (χ2v) is 4.00. The molecular weight excluding hydrogens is 296 g/mol. The molecule has 7 heteroatoms. The van der Waals surface area contributed by atoms with E-state index in [9.17, 15) is 8.78 Å². The standard InChI is InChI=1S/C10H6BrF2N3O/c11-5-1-6(4-15-3-5)17-10-8(13)2-7(12)9(14)16-10/h1-4H,(H2,14,16). The molecule has 17 heavy (non-hydrogen) atoms. The van der Waals surface area contributed by atoms with Crippen molar-refractivity contribution in [2.24, 2.45) is 0 Å². The second-order valence-electron chi connectivity index (χ2n) is 3.08. The molecule has 2 N–H and O–H groups in total. The highest BCUT2D eigenvalue weighted by atomic mass is 79.9. The summed E-state index contributed by atoms with van der Waals surface area (Å²) in [7, 11) is 0. The first kappa shape index (κ1) is 11.7. The summed E-state index contributed by atoms with van der Waals surface area (Å²) in [6.45, 7) is 0. The molecule has 0 spiro atoms. The normalized spacial score (nSPS) is 10.3. The Morgan fingerprint density at radius 1 is 1.18 bits per heavy atom. The molecule has 0 bridgehead atoms. The monoisotopic (exact) mass is 301 g/mol. The van der Waals surface area contributed by atoms with Crippen molar-refractivity contribution in [1.29, 1.82) is 0 Å². The van der Waals surface area contributed by atoms with Crippen molar-refractivity contribution in [2.45, 2.75) is 0 Å². The van der Waals surface area contributed by atoms with E-state index in [0.717, 1.165) is 0 Å². The molecule has 0 saturated heterocycles. The van der Waals surface area contributed by atoms with Crippen LogP contribution in [-0.2, 0) is 0 Å². The maximum absolute atomic E-state index is 13.3. The van der Waals surface area contributed by atoms with E-state index in [4.69, 9.17) is 10.5 Å². The van der Waals surface area contributed by atoms with Crippen LogP contribution in [0, 0.1) is 11.6 Å². The third-order valence-corrected chi connectivity index (χ3v) is 2.25. The van der Waals surface area contributed by atoms with Crippen LogP contribution in [0.1, 0.15) is 0 Å². The Kier molecular flexibility index (Phi) is 3.19. The third-order valence-electron chi connectivity index (χ3n) is 1.82. The first-order chi connectivity index (χ1) is 8.06. The van der Waals surface area contributed by atoms with E-state index < -0.39 is 23.3 Å². The number of nitrogen functional groups attached to an aromatic ring is 1. The lowest BCUT2D eigenvalue weighted by molar-refractivity contribution is 0.416. The Balaban J connectivity index is 2.33. The van der Waals surface area contributed by atoms with E-state index in [1.165, 1.54) is 12.4 Å². The summed E-state index contributed by atoms with van der Waals surface area (Å²) < 4.78 is 31.9. The van der Waals surface area contributed by atoms with Gasteiger partial charge in [-0.2, -0.15) is 4.98 Å². The molecule has 2 aromatic heterocycles. The summed E-state index contributed by atoms with van der Waals surface area (Å²) in [5, 5.41) is 0. The van der Waals surface area contributed by atoms with E-state index in [1.54, 1.807) is 6.07 Å². The predicted molar refractivity (Wildman–Crippen MR) is 60.6 cm³/mol. The van der Waals surface area contributed by atoms with Crippen LogP contribution in [0.2, 0.25) is 0 Å². The minimum Gasteiger partial charge on any atom is -0.435 e. The second kappa shape index (κ2) is 4.62. The SMILES string of the molecule is Nc1nc(Oc2cncc(Br)c2)c(F)cc1F. The summed E-state index contributed by atoms with van der Waals surface area (Å²) in [6.07, 6.45) is 2.90. The number of hydrogen-bond acceptors (Lipinski definition) is 4. The quantitative estimate of drug-likeness (QED) is 0.926. The molecule has 0 unspecified atom stereocenters. The fourth-order valence-electron chi connectivity index (χ4n) is 1.09. The number of ether oxygens (including phenoxy) is 1. The number of nitrogens with zero attached hydrogens (tertiary/aromatic N) is 2. The molecule has 2 rings (SSSR count). The number of anilines is 1. The highest BCUT2D eigenvalue weighted by Crippen LogP contribution is 2.25. The van der Waals surface area contributed by atoms with Gasteiger partial charge in [0.2, 0.25) is 0 Å². The predicted octanol–water partition coefficient (Wildman–Crippen LogP) is 2.89. The van der Waals surface area contributed by atoms with Crippen molar-refractivity contribution in [3.8, 4) is 11.6 Å². The lowest BCUT2D eigenvalue weighted by Crippen LogP contribution is -2.00. The Labute approximate surface area is 104 Å². The third kappa shape index (κ3) is 2.68. The smallest absolute Gasteiger partial charge is 0.258 e. The van der Waals surface area contributed by atoms with Crippen molar-refractivity contribution < 1.29 is 13.5 Å². The summed E-state index contributed by atoms with van der Waals surface area (Å²) >= 11 is 3.18. The van der Waals surface area contributed by atoms with Crippen molar-refractivity contribution in [3.05, 3.63) is 40.6 Å². The van der Waals surface area contributed by atoms with Crippen molar-refractivity contribution in [2.75, 3.05) is 5.73 Å². The Hall–Kier alpha value is -1.76. The molecule has 4 nitrogen and oxygen atoms in total. The summed E-state index contributed by atoms with van der Waals surface area (Å²) in [5.74, 6) is -2.43. The first-order valence-electron chi connectivity index (χ1n) is 4.46. The average Bonchev–Trinajstić information content (AvgIpc) is 2.26. The van der Waals surface area contributed by atoms with Crippen molar-refractivity contribution in [1.82, 2.24) is 9.97 Å². The van der Waals surface area contributed by atoms with Crippen LogP contribution in [0.4, 0.5) is 14.6 Å². The summed E-state index contributed by atoms with van der Waals surface area (Å²) in [4.78, 5) is 7.28. The van der Waals surface area contributed by atoms with Crippen LogP contribution >= 0.6 is 15.9 Å². The minimum atomic E-state index is -0.934. The van der Waals surface area contributed by atoms with Crippen LogP contribution in [-0.4, -0.2) is 9.97 Å². The number of halogens is 3. The Bertz CT molecular complexity index is 565. The van der Waals surface area contributed by atoms with Gasteiger partial charge < -0.3 is 10.5 Å². The number of aromatic nitrogens is 2. The number of rotatable bonds is 2. The van der Waals surface area contributed by atoms with Gasteiger partial charge in [0.1, 0.15) is 5.75 Å². The first-order valence-corrected chi connectivity index (χ1v) is 5.25. The van der Waals surface area contributed by atoms with Gasteiger partial charge in [0.15, 0.2) is 17.5 Å². The molecule has 0 radical (unpaired) electrons. The molecule has 88 valence electrons. The zero-order valence-electron chi connectivity index (χ0n) is 8.32. The van der Waals surface area contributed by atoms with Gasteiger partial charge in [-0.25, -0.2) is 8.78 Å². The van der Waals surface area contributed by atoms with E-state index in [-0.39, 0.29) is 5.75 Å². The lowest BCUT2D eigenvalue weighted by atomic mass is 10.4. The molecule has 0 fully saturated rings. The fraction of sp³-hybridized carbons (Fsp3) is 0.